The summed E-state index contributed by atoms with van der Waals surface area (Å²) in [5, 5.41) is 2.54. The Morgan fingerprint density at radius 1 is 1.23 bits per heavy atom. The highest BCUT2D eigenvalue weighted by atomic mass is 35.5. The summed E-state index contributed by atoms with van der Waals surface area (Å²) >= 11 is 5.68. The highest BCUT2D eigenvalue weighted by molar-refractivity contribution is 6.31. The van der Waals surface area contributed by atoms with Gasteiger partial charge in [0.15, 0.2) is 22.5 Å². The molecule has 1 aromatic rings. The van der Waals surface area contributed by atoms with Crippen molar-refractivity contribution in [2.45, 2.75) is 33.2 Å². The summed E-state index contributed by atoms with van der Waals surface area (Å²) in [7, 11) is 0. The third kappa shape index (κ3) is 5.21. The molecule has 1 heterocycles. The van der Waals surface area contributed by atoms with Crippen molar-refractivity contribution in [3.8, 4) is 0 Å². The zero-order valence-corrected chi connectivity index (χ0v) is 13.5. The Morgan fingerprint density at radius 2 is 1.82 bits per heavy atom. The molecule has 1 rings (SSSR count). The van der Waals surface area contributed by atoms with Crippen molar-refractivity contribution in [3.05, 3.63) is 22.7 Å². The van der Waals surface area contributed by atoms with E-state index in [1.165, 1.54) is 6.92 Å². The van der Waals surface area contributed by atoms with Gasteiger partial charge >= 0.3 is 5.97 Å². The van der Waals surface area contributed by atoms with Crippen LogP contribution in [0.1, 0.15) is 38.2 Å². The SMILES string of the molecule is C/C(=C/C(=O)NC(C)(C)C)OC(=O)c1nc(Cl)c(N)nc1N. The number of amides is 1. The van der Waals surface area contributed by atoms with E-state index in [1.807, 2.05) is 20.8 Å². The quantitative estimate of drug-likeness (QED) is 0.432. The molecule has 0 fully saturated rings. The predicted molar refractivity (Wildman–Crippen MR) is 82.9 cm³/mol. The van der Waals surface area contributed by atoms with Crippen LogP contribution >= 0.6 is 11.6 Å². The molecule has 0 radical (unpaired) electrons. The minimum absolute atomic E-state index is 0.0703. The lowest BCUT2D eigenvalue weighted by Gasteiger charge is -2.19. The first kappa shape index (κ1) is 17.7. The van der Waals surface area contributed by atoms with Gasteiger partial charge in [-0.05, 0) is 27.7 Å². The average molecular weight is 328 g/mol. The third-order valence-electron chi connectivity index (χ3n) is 2.18. The number of nitrogens with two attached hydrogens (primary N) is 2. The Hall–Kier alpha value is -2.35. The van der Waals surface area contributed by atoms with Crippen LogP contribution in [0, 0.1) is 0 Å². The molecule has 8 nitrogen and oxygen atoms in total. The van der Waals surface area contributed by atoms with E-state index < -0.39 is 17.4 Å². The number of ether oxygens (including phenoxy) is 1. The molecule has 0 aliphatic heterocycles. The van der Waals surface area contributed by atoms with E-state index in [1.54, 1.807) is 0 Å². The summed E-state index contributed by atoms with van der Waals surface area (Å²) in [4.78, 5) is 31.0. The molecular formula is C13H18ClN5O3. The summed E-state index contributed by atoms with van der Waals surface area (Å²) in [5.74, 6) is -1.51. The fourth-order valence-corrected chi connectivity index (χ4v) is 1.53. The molecule has 0 saturated heterocycles. The number of nitrogen functional groups attached to an aromatic ring is 2. The van der Waals surface area contributed by atoms with Crippen LogP contribution in [0.25, 0.3) is 0 Å². The molecule has 0 saturated carbocycles. The molecule has 0 aliphatic carbocycles. The van der Waals surface area contributed by atoms with Crippen LogP contribution in [-0.2, 0) is 9.53 Å². The molecule has 5 N–H and O–H groups in total. The van der Waals surface area contributed by atoms with Gasteiger partial charge in [0.1, 0.15) is 5.76 Å². The van der Waals surface area contributed by atoms with E-state index >= 15 is 0 Å². The Balaban J connectivity index is 2.84. The number of anilines is 2. The lowest BCUT2D eigenvalue weighted by atomic mass is 10.1. The van der Waals surface area contributed by atoms with Crippen molar-refractivity contribution in [3.63, 3.8) is 0 Å². The number of allylic oxidation sites excluding steroid dienone is 1. The zero-order chi connectivity index (χ0) is 17.1. The summed E-state index contributed by atoms with van der Waals surface area (Å²) in [5.41, 5.74) is 10.3. The first-order chi connectivity index (χ1) is 9.99. The van der Waals surface area contributed by atoms with Crippen molar-refractivity contribution in [1.29, 1.82) is 0 Å². The van der Waals surface area contributed by atoms with Crippen LogP contribution < -0.4 is 16.8 Å². The van der Waals surface area contributed by atoms with Crippen LogP contribution in [0.2, 0.25) is 5.15 Å². The Kier molecular flexibility index (Phi) is 5.32. The fraction of sp³-hybridized carbons (Fsp3) is 0.385. The first-order valence-corrected chi connectivity index (χ1v) is 6.68. The maximum absolute atomic E-state index is 11.9. The first-order valence-electron chi connectivity index (χ1n) is 6.30. The molecule has 9 heteroatoms. The number of hydrogen-bond acceptors (Lipinski definition) is 7. The molecule has 1 aromatic heterocycles. The Labute approximate surface area is 132 Å². The second kappa shape index (κ2) is 6.61. The largest absolute Gasteiger partial charge is 0.426 e. The van der Waals surface area contributed by atoms with Crippen LogP contribution in [0.15, 0.2) is 11.8 Å². The smallest absolute Gasteiger partial charge is 0.365 e. The number of aromatic nitrogens is 2. The molecule has 1 amide bonds. The topological polar surface area (TPSA) is 133 Å². The van der Waals surface area contributed by atoms with E-state index in [0.717, 1.165) is 6.08 Å². The van der Waals surface area contributed by atoms with E-state index in [-0.39, 0.29) is 28.2 Å². The molecular weight excluding hydrogens is 310 g/mol. The average Bonchev–Trinajstić information content (AvgIpc) is 2.30. The van der Waals surface area contributed by atoms with Gasteiger partial charge in [0, 0.05) is 11.6 Å². The molecule has 0 atom stereocenters. The van der Waals surface area contributed by atoms with Gasteiger partial charge in [-0.3, -0.25) is 4.79 Å². The second-order valence-electron chi connectivity index (χ2n) is 5.52. The highest BCUT2D eigenvalue weighted by Gasteiger charge is 2.19. The van der Waals surface area contributed by atoms with Gasteiger partial charge in [0.2, 0.25) is 5.91 Å². The van der Waals surface area contributed by atoms with Crippen molar-refractivity contribution in [2.75, 3.05) is 11.5 Å². The minimum atomic E-state index is -0.885. The summed E-state index contributed by atoms with van der Waals surface area (Å²) < 4.78 is 4.98. The molecule has 0 aromatic carbocycles. The normalized spacial score (nSPS) is 12.0. The molecule has 0 unspecified atom stereocenters. The number of nitrogens with one attached hydrogen (secondary N) is 1. The monoisotopic (exact) mass is 327 g/mol. The second-order valence-corrected chi connectivity index (χ2v) is 5.88. The Bertz CT molecular complexity index is 637. The van der Waals surface area contributed by atoms with Crippen LogP contribution in [-0.4, -0.2) is 27.4 Å². The van der Waals surface area contributed by atoms with Crippen LogP contribution in [0.3, 0.4) is 0 Å². The lowest BCUT2D eigenvalue weighted by Crippen LogP contribution is -2.39. The van der Waals surface area contributed by atoms with E-state index in [4.69, 9.17) is 27.8 Å². The standard InChI is InChI=1S/C13H18ClN5O3/c1-6(5-7(20)19-13(2,3)4)22-12(21)8-10(15)18-11(16)9(14)17-8/h5H,1-4H3,(H,19,20)(H4,15,16,18)/b6-5-. The van der Waals surface area contributed by atoms with E-state index in [2.05, 4.69) is 15.3 Å². The summed E-state index contributed by atoms with van der Waals surface area (Å²) in [6.45, 7) is 6.93. The fourth-order valence-electron chi connectivity index (χ4n) is 1.41. The predicted octanol–water partition coefficient (Wildman–Crippen LogP) is 1.27. The Morgan fingerprint density at radius 3 is 2.36 bits per heavy atom. The molecule has 0 aliphatic rings. The highest BCUT2D eigenvalue weighted by Crippen LogP contribution is 2.18. The van der Waals surface area contributed by atoms with Gasteiger partial charge in [-0.1, -0.05) is 11.6 Å². The minimum Gasteiger partial charge on any atom is -0.426 e. The number of carbonyl (C=O) groups is 2. The summed E-state index contributed by atoms with van der Waals surface area (Å²) in [6.07, 6.45) is 1.14. The van der Waals surface area contributed by atoms with Gasteiger partial charge < -0.3 is 21.5 Å². The van der Waals surface area contributed by atoms with Crippen molar-refractivity contribution < 1.29 is 14.3 Å². The number of carbonyl (C=O) groups excluding carboxylic acids is 2. The maximum atomic E-state index is 11.9. The van der Waals surface area contributed by atoms with E-state index in [0.29, 0.717) is 0 Å². The number of rotatable bonds is 3. The van der Waals surface area contributed by atoms with Gasteiger partial charge in [0.05, 0.1) is 0 Å². The van der Waals surface area contributed by atoms with Crippen molar-refractivity contribution in [2.24, 2.45) is 0 Å². The lowest BCUT2D eigenvalue weighted by molar-refractivity contribution is -0.117. The summed E-state index contributed by atoms with van der Waals surface area (Å²) in [6, 6.07) is 0. The maximum Gasteiger partial charge on any atom is 0.365 e. The number of hydrogen-bond donors (Lipinski definition) is 3. The van der Waals surface area contributed by atoms with Gasteiger partial charge in [0.25, 0.3) is 0 Å². The molecule has 120 valence electrons. The van der Waals surface area contributed by atoms with Crippen LogP contribution in [0.4, 0.5) is 11.6 Å². The number of nitrogens with zero attached hydrogens (tertiary/aromatic N) is 2. The third-order valence-corrected chi connectivity index (χ3v) is 2.46. The van der Waals surface area contributed by atoms with Crippen molar-refractivity contribution >= 4 is 35.1 Å². The van der Waals surface area contributed by atoms with Crippen molar-refractivity contribution in [1.82, 2.24) is 15.3 Å². The van der Waals surface area contributed by atoms with Gasteiger partial charge in [-0.25, -0.2) is 14.8 Å². The zero-order valence-electron chi connectivity index (χ0n) is 12.7. The van der Waals surface area contributed by atoms with Gasteiger partial charge in [-0.15, -0.1) is 0 Å². The molecule has 22 heavy (non-hydrogen) atoms. The molecule has 0 bridgehead atoms. The van der Waals surface area contributed by atoms with E-state index in [9.17, 15) is 9.59 Å². The van der Waals surface area contributed by atoms with Crippen LogP contribution in [0.5, 0.6) is 0 Å². The van der Waals surface area contributed by atoms with Gasteiger partial charge in [-0.2, -0.15) is 0 Å². The molecule has 0 spiro atoms. The number of esters is 1. The number of halogens is 1.